The molecule has 0 radical (unpaired) electrons. The van der Waals surface area contributed by atoms with Crippen molar-refractivity contribution in [3.05, 3.63) is 34.9 Å². The molecular formula is C17H28OS. The van der Waals surface area contributed by atoms with E-state index < -0.39 is 0 Å². The van der Waals surface area contributed by atoms with Crippen molar-refractivity contribution in [2.75, 3.05) is 11.5 Å². The third-order valence-corrected chi connectivity index (χ3v) is 3.63. The summed E-state index contributed by atoms with van der Waals surface area (Å²) in [5.74, 6) is 1.56. The molecule has 108 valence electrons. The van der Waals surface area contributed by atoms with E-state index in [4.69, 9.17) is 0 Å². The van der Waals surface area contributed by atoms with Gasteiger partial charge in [0.1, 0.15) is 6.29 Å². The van der Waals surface area contributed by atoms with Crippen molar-refractivity contribution in [1.29, 1.82) is 0 Å². The average molecular weight is 280 g/mol. The molecule has 0 aromatic heterocycles. The molecule has 0 unspecified atom stereocenters. The fourth-order valence-corrected chi connectivity index (χ4v) is 2.29. The summed E-state index contributed by atoms with van der Waals surface area (Å²) in [7, 11) is 0. The van der Waals surface area contributed by atoms with E-state index in [0.29, 0.717) is 5.75 Å². The molecule has 0 fully saturated rings. The van der Waals surface area contributed by atoms with Crippen molar-refractivity contribution >= 4 is 18.0 Å². The quantitative estimate of drug-likeness (QED) is 0.305. The van der Waals surface area contributed by atoms with Gasteiger partial charge in [0.15, 0.2) is 0 Å². The Hall–Kier alpha value is -0.760. The number of hydrogen-bond acceptors (Lipinski definition) is 2. The molecule has 0 atom stereocenters. The van der Waals surface area contributed by atoms with E-state index >= 15 is 0 Å². The lowest BCUT2D eigenvalue weighted by atomic mass is 10.1. The van der Waals surface area contributed by atoms with Crippen molar-refractivity contribution in [3.63, 3.8) is 0 Å². The fraction of sp³-hybridized carbons (Fsp3) is 0.588. The first-order chi connectivity index (χ1) is 9.06. The van der Waals surface area contributed by atoms with Gasteiger partial charge in [-0.25, -0.2) is 0 Å². The second-order valence-electron chi connectivity index (χ2n) is 5.16. The van der Waals surface area contributed by atoms with Crippen LogP contribution in [0, 0.1) is 0 Å². The maximum Gasteiger partial charge on any atom is 0.129 e. The molecule has 0 saturated heterocycles. The predicted octanol–water partition coefficient (Wildman–Crippen LogP) is 5.34. The first-order valence-electron chi connectivity index (χ1n) is 7.02. The lowest BCUT2D eigenvalue weighted by Gasteiger charge is -2.01. The summed E-state index contributed by atoms with van der Waals surface area (Å²) >= 11 is 1.67. The first-order valence-corrected chi connectivity index (χ1v) is 8.17. The van der Waals surface area contributed by atoms with Crippen molar-refractivity contribution in [3.8, 4) is 0 Å². The van der Waals surface area contributed by atoms with Crippen LogP contribution in [-0.4, -0.2) is 17.8 Å². The van der Waals surface area contributed by atoms with E-state index in [1.54, 1.807) is 11.8 Å². The summed E-state index contributed by atoms with van der Waals surface area (Å²) in [6.45, 7) is 8.69. The molecule has 0 aliphatic rings. The zero-order valence-corrected chi connectivity index (χ0v) is 13.7. The maximum atomic E-state index is 10.2. The van der Waals surface area contributed by atoms with Gasteiger partial charge in [0.2, 0.25) is 0 Å². The van der Waals surface area contributed by atoms with Crippen LogP contribution in [-0.2, 0) is 4.79 Å². The maximum absolute atomic E-state index is 10.2. The molecule has 0 amide bonds. The summed E-state index contributed by atoms with van der Waals surface area (Å²) in [6.07, 6.45) is 12.4. The van der Waals surface area contributed by atoms with Gasteiger partial charge >= 0.3 is 0 Å². The molecule has 0 heterocycles. The molecule has 0 saturated carbocycles. The number of aldehydes is 1. The first kappa shape index (κ1) is 18.2. The highest BCUT2D eigenvalue weighted by Crippen LogP contribution is 2.12. The third-order valence-electron chi connectivity index (χ3n) is 2.86. The van der Waals surface area contributed by atoms with Gasteiger partial charge in [0.25, 0.3) is 0 Å². The lowest BCUT2D eigenvalue weighted by Crippen LogP contribution is -1.84. The van der Waals surface area contributed by atoms with Crippen LogP contribution in [0.4, 0.5) is 0 Å². The molecule has 0 aliphatic carbocycles. The Labute approximate surface area is 123 Å². The number of thioether (sulfide) groups is 1. The minimum atomic E-state index is 0.604. The van der Waals surface area contributed by atoms with Gasteiger partial charge in [-0.1, -0.05) is 34.9 Å². The Morgan fingerprint density at radius 2 is 1.42 bits per heavy atom. The van der Waals surface area contributed by atoms with Gasteiger partial charge < -0.3 is 4.79 Å². The molecule has 0 bridgehead atoms. The van der Waals surface area contributed by atoms with Crippen LogP contribution in [0.2, 0.25) is 0 Å². The van der Waals surface area contributed by atoms with E-state index in [9.17, 15) is 4.79 Å². The molecule has 2 heteroatoms. The van der Waals surface area contributed by atoms with Crippen molar-refractivity contribution < 1.29 is 4.79 Å². The highest BCUT2D eigenvalue weighted by molar-refractivity contribution is 7.99. The van der Waals surface area contributed by atoms with Gasteiger partial charge in [-0.3, -0.25) is 0 Å². The number of rotatable bonds is 10. The summed E-state index contributed by atoms with van der Waals surface area (Å²) in [6, 6.07) is 0. The highest BCUT2D eigenvalue weighted by Gasteiger charge is 1.92. The molecule has 0 aromatic carbocycles. The van der Waals surface area contributed by atoms with Crippen LogP contribution in [0.25, 0.3) is 0 Å². The lowest BCUT2D eigenvalue weighted by molar-refractivity contribution is -0.105. The van der Waals surface area contributed by atoms with E-state index in [-0.39, 0.29) is 0 Å². The van der Waals surface area contributed by atoms with Gasteiger partial charge in [0.05, 0.1) is 0 Å². The average Bonchev–Trinajstić information content (AvgIpc) is 2.34. The van der Waals surface area contributed by atoms with E-state index in [1.807, 2.05) is 0 Å². The Morgan fingerprint density at radius 1 is 0.842 bits per heavy atom. The minimum Gasteiger partial charge on any atom is -0.302 e. The normalized spacial score (nSPS) is 12.4. The molecule has 1 nitrogen and oxygen atoms in total. The second kappa shape index (κ2) is 12.3. The van der Waals surface area contributed by atoms with Gasteiger partial charge in [-0.2, -0.15) is 11.8 Å². The molecule has 0 aromatic rings. The van der Waals surface area contributed by atoms with Crippen LogP contribution in [0.1, 0.15) is 53.4 Å². The number of carbonyl (C=O) groups excluding carboxylic acids is 1. The number of allylic oxidation sites excluding steroid dienone is 5. The Kier molecular flexibility index (Phi) is 11.8. The summed E-state index contributed by atoms with van der Waals surface area (Å²) < 4.78 is 0. The summed E-state index contributed by atoms with van der Waals surface area (Å²) in [5.41, 5.74) is 4.31. The Bertz CT molecular complexity index is 333. The van der Waals surface area contributed by atoms with Gasteiger partial charge in [-0.05, 0) is 53.4 Å². The second-order valence-corrected chi connectivity index (χ2v) is 6.24. The van der Waals surface area contributed by atoms with Crippen LogP contribution in [0.3, 0.4) is 0 Å². The van der Waals surface area contributed by atoms with Crippen molar-refractivity contribution in [2.45, 2.75) is 53.4 Å². The summed E-state index contributed by atoms with van der Waals surface area (Å²) in [4.78, 5) is 10.2. The molecule has 0 aliphatic heterocycles. The fourth-order valence-electron chi connectivity index (χ4n) is 1.66. The van der Waals surface area contributed by atoms with Gasteiger partial charge in [-0.15, -0.1) is 0 Å². The van der Waals surface area contributed by atoms with Crippen LogP contribution < -0.4 is 0 Å². The molecule has 0 rings (SSSR count). The van der Waals surface area contributed by atoms with Crippen molar-refractivity contribution in [2.24, 2.45) is 0 Å². The third kappa shape index (κ3) is 13.5. The van der Waals surface area contributed by atoms with E-state index in [1.165, 1.54) is 23.1 Å². The predicted molar refractivity (Wildman–Crippen MR) is 88.8 cm³/mol. The molecule has 19 heavy (non-hydrogen) atoms. The SMILES string of the molecule is CC(C)=CCC/C(C)=C/CC/C(C)=C/CSCC=O. The zero-order valence-electron chi connectivity index (χ0n) is 12.9. The summed E-state index contributed by atoms with van der Waals surface area (Å²) in [5, 5.41) is 0. The molecule has 0 spiro atoms. The monoisotopic (exact) mass is 280 g/mol. The standard InChI is InChI=1S/C17H28OS/c1-15(2)7-5-8-16(3)9-6-10-17(4)11-13-19-14-12-18/h7,9,11-12H,5-6,8,10,13-14H2,1-4H3/b16-9+,17-11+. The zero-order chi connectivity index (χ0) is 14.5. The van der Waals surface area contributed by atoms with E-state index in [0.717, 1.165) is 31.3 Å². The Morgan fingerprint density at radius 3 is 2.00 bits per heavy atom. The smallest absolute Gasteiger partial charge is 0.129 e. The van der Waals surface area contributed by atoms with Crippen LogP contribution >= 0.6 is 11.8 Å². The van der Waals surface area contributed by atoms with Crippen molar-refractivity contribution in [1.82, 2.24) is 0 Å². The number of carbonyl (C=O) groups is 1. The molecule has 0 N–H and O–H groups in total. The number of hydrogen-bond donors (Lipinski definition) is 0. The van der Waals surface area contributed by atoms with E-state index in [2.05, 4.69) is 45.9 Å². The minimum absolute atomic E-state index is 0.604. The molecular weight excluding hydrogens is 252 g/mol. The Balaban J connectivity index is 3.80. The van der Waals surface area contributed by atoms with Gasteiger partial charge in [0, 0.05) is 11.5 Å². The van der Waals surface area contributed by atoms with Crippen LogP contribution in [0.5, 0.6) is 0 Å². The topological polar surface area (TPSA) is 17.1 Å². The van der Waals surface area contributed by atoms with Crippen LogP contribution in [0.15, 0.2) is 34.9 Å². The highest BCUT2D eigenvalue weighted by atomic mass is 32.2. The largest absolute Gasteiger partial charge is 0.302 e.